The average molecular weight is 246 g/mol. The molecule has 0 saturated carbocycles. The summed E-state index contributed by atoms with van der Waals surface area (Å²) in [6.45, 7) is -0.115. The van der Waals surface area contributed by atoms with E-state index in [0.717, 1.165) is 0 Å². The fraction of sp³-hybridized carbons (Fsp3) is 0.400. The molecule has 0 bridgehead atoms. The Kier molecular flexibility index (Phi) is 3.09. The van der Waals surface area contributed by atoms with Crippen molar-refractivity contribution in [2.24, 2.45) is 5.73 Å². The van der Waals surface area contributed by atoms with Crippen LogP contribution < -0.4 is 19.9 Å². The number of benzene rings is 1. The summed E-state index contributed by atoms with van der Waals surface area (Å²) in [6, 6.07) is 0.986. The molecule has 1 unspecified atom stereocenters. The van der Waals surface area contributed by atoms with Gasteiger partial charge in [0.05, 0.1) is 30.3 Å². The van der Waals surface area contributed by atoms with E-state index in [9.17, 15) is 0 Å². The molecule has 0 amide bonds. The summed E-state index contributed by atoms with van der Waals surface area (Å²) >= 11 is 6.02. The molecule has 0 fully saturated rings. The van der Waals surface area contributed by atoms with Gasteiger partial charge in [-0.3, -0.25) is 0 Å². The van der Waals surface area contributed by atoms with Gasteiger partial charge in [0.1, 0.15) is 5.75 Å². The molecule has 0 aromatic heterocycles. The molecule has 1 aromatic rings. The van der Waals surface area contributed by atoms with Crippen molar-refractivity contribution in [1.82, 2.24) is 0 Å². The van der Waals surface area contributed by atoms with E-state index in [1.54, 1.807) is 6.07 Å². The largest absolute Gasteiger partial charge is 0.495 e. The van der Waals surface area contributed by atoms with Gasteiger partial charge in [-0.15, -0.1) is 0 Å². The molecule has 16 heavy (non-hydrogen) atoms. The van der Waals surface area contributed by atoms with E-state index in [1.807, 2.05) is 0 Å². The van der Waals surface area contributed by atoms with Crippen LogP contribution in [0.3, 0.4) is 0 Å². The van der Waals surface area contributed by atoms with Crippen LogP contribution in [0.5, 0.6) is 17.2 Å². The molecule has 2 rings (SSSR count). The molecule has 0 spiro atoms. The third-order valence-electron chi connectivity index (χ3n) is 2.38. The van der Waals surface area contributed by atoms with Crippen molar-refractivity contribution >= 4 is 11.6 Å². The highest BCUT2D eigenvalue weighted by Gasteiger charge is 2.27. The minimum Gasteiger partial charge on any atom is -0.495 e. The van der Waals surface area contributed by atoms with E-state index < -0.39 is 6.04 Å². The fourth-order valence-corrected chi connectivity index (χ4v) is 1.93. The Morgan fingerprint density at radius 1 is 1.62 bits per heavy atom. The lowest BCUT2D eigenvalue weighted by Gasteiger charge is -2.16. The van der Waals surface area contributed by atoms with E-state index in [0.29, 0.717) is 27.8 Å². The third-order valence-corrected chi connectivity index (χ3v) is 2.66. The zero-order valence-electron chi connectivity index (χ0n) is 8.70. The van der Waals surface area contributed by atoms with E-state index in [1.165, 1.54) is 7.11 Å². The topological polar surface area (TPSA) is 73.9 Å². The molecule has 1 aliphatic heterocycles. The Balaban J connectivity index is 2.61. The molecule has 1 heterocycles. The van der Waals surface area contributed by atoms with Crippen molar-refractivity contribution < 1.29 is 19.3 Å². The summed E-state index contributed by atoms with van der Waals surface area (Å²) in [5.74, 6) is 1.42. The van der Waals surface area contributed by atoms with E-state index in [4.69, 9.17) is 36.7 Å². The van der Waals surface area contributed by atoms with Gasteiger partial charge >= 0.3 is 0 Å². The molecule has 0 aliphatic carbocycles. The van der Waals surface area contributed by atoms with Crippen LogP contribution in [0.4, 0.5) is 0 Å². The van der Waals surface area contributed by atoms with Crippen molar-refractivity contribution in [3.63, 3.8) is 0 Å². The molecular weight excluding hydrogens is 234 g/mol. The first kappa shape index (κ1) is 11.3. The third kappa shape index (κ3) is 1.67. The van der Waals surface area contributed by atoms with Crippen LogP contribution in [0.1, 0.15) is 11.6 Å². The molecule has 1 atom stereocenters. The van der Waals surface area contributed by atoms with Crippen LogP contribution in [0.25, 0.3) is 0 Å². The first-order valence-corrected chi connectivity index (χ1v) is 5.09. The average Bonchev–Trinajstić information content (AvgIpc) is 2.73. The highest BCUT2D eigenvalue weighted by molar-refractivity contribution is 6.32. The van der Waals surface area contributed by atoms with Gasteiger partial charge in [0.2, 0.25) is 6.79 Å². The first-order chi connectivity index (χ1) is 7.69. The standard InChI is InChI=1S/C10H12ClNO4/c1-14-9-5(11)2-7-10(16-4-15-7)8(9)6(12)3-13/h2,6,13H,3-4,12H2,1H3. The quantitative estimate of drug-likeness (QED) is 0.833. The zero-order chi connectivity index (χ0) is 11.7. The number of hydrogen-bond acceptors (Lipinski definition) is 5. The zero-order valence-corrected chi connectivity index (χ0v) is 9.45. The Hall–Kier alpha value is -1.17. The van der Waals surface area contributed by atoms with E-state index in [2.05, 4.69) is 0 Å². The number of methoxy groups -OCH3 is 1. The molecule has 6 heteroatoms. The maximum Gasteiger partial charge on any atom is 0.231 e. The van der Waals surface area contributed by atoms with Crippen LogP contribution in [0.15, 0.2) is 6.07 Å². The van der Waals surface area contributed by atoms with Gasteiger partial charge in [-0.25, -0.2) is 0 Å². The van der Waals surface area contributed by atoms with Crippen LogP contribution in [-0.2, 0) is 0 Å². The van der Waals surface area contributed by atoms with Gasteiger partial charge in [0.15, 0.2) is 11.5 Å². The van der Waals surface area contributed by atoms with Gasteiger partial charge in [-0.2, -0.15) is 0 Å². The Bertz CT molecular complexity index is 407. The molecule has 0 saturated heterocycles. The smallest absolute Gasteiger partial charge is 0.231 e. The highest BCUT2D eigenvalue weighted by Crippen LogP contribution is 2.47. The maximum atomic E-state index is 9.11. The molecule has 3 N–H and O–H groups in total. The second-order valence-corrected chi connectivity index (χ2v) is 3.74. The molecular formula is C10H12ClNO4. The second kappa shape index (κ2) is 4.37. The lowest BCUT2D eigenvalue weighted by atomic mass is 10.1. The first-order valence-electron chi connectivity index (χ1n) is 4.71. The van der Waals surface area contributed by atoms with Crippen molar-refractivity contribution in [2.45, 2.75) is 6.04 Å². The number of hydrogen-bond donors (Lipinski definition) is 2. The molecule has 5 nitrogen and oxygen atoms in total. The van der Waals surface area contributed by atoms with Crippen LogP contribution >= 0.6 is 11.6 Å². The van der Waals surface area contributed by atoms with Crippen LogP contribution in [-0.4, -0.2) is 25.6 Å². The fourth-order valence-electron chi connectivity index (χ4n) is 1.65. The summed E-state index contributed by atoms with van der Waals surface area (Å²) in [4.78, 5) is 0. The van der Waals surface area contributed by atoms with Crippen molar-refractivity contribution in [3.8, 4) is 17.2 Å². The van der Waals surface area contributed by atoms with Gasteiger partial charge < -0.3 is 25.1 Å². The van der Waals surface area contributed by atoms with Crippen molar-refractivity contribution in [3.05, 3.63) is 16.7 Å². The monoisotopic (exact) mass is 245 g/mol. The van der Waals surface area contributed by atoms with Gasteiger partial charge in [-0.1, -0.05) is 11.6 Å². The van der Waals surface area contributed by atoms with Gasteiger partial charge in [0.25, 0.3) is 0 Å². The van der Waals surface area contributed by atoms with E-state index >= 15 is 0 Å². The number of halogens is 1. The SMILES string of the molecule is COc1c(Cl)cc2c(c1C(N)CO)OCO2. The van der Waals surface area contributed by atoms with Gasteiger partial charge in [-0.05, 0) is 0 Å². The molecule has 1 aromatic carbocycles. The minimum atomic E-state index is -0.621. The summed E-state index contributed by atoms with van der Waals surface area (Å²) < 4.78 is 15.7. The summed E-state index contributed by atoms with van der Waals surface area (Å²) in [6.07, 6.45) is 0. The Labute approximate surface area is 97.7 Å². The maximum absolute atomic E-state index is 9.11. The van der Waals surface area contributed by atoms with Crippen LogP contribution in [0, 0.1) is 0 Å². The lowest BCUT2D eigenvalue weighted by molar-refractivity contribution is 0.171. The summed E-state index contributed by atoms with van der Waals surface area (Å²) in [5, 5.41) is 9.49. The predicted octanol–water partition coefficient (Wildman–Crippen LogP) is 1.07. The number of rotatable bonds is 3. The van der Waals surface area contributed by atoms with Crippen molar-refractivity contribution in [2.75, 3.05) is 20.5 Å². The highest BCUT2D eigenvalue weighted by atomic mass is 35.5. The summed E-state index contributed by atoms with van der Waals surface area (Å²) in [7, 11) is 1.48. The van der Waals surface area contributed by atoms with Crippen LogP contribution in [0.2, 0.25) is 5.02 Å². The number of aliphatic hydroxyl groups excluding tert-OH is 1. The number of ether oxygens (including phenoxy) is 3. The van der Waals surface area contributed by atoms with Crippen molar-refractivity contribution in [1.29, 1.82) is 0 Å². The number of nitrogens with two attached hydrogens (primary N) is 1. The molecule has 0 radical (unpaired) electrons. The number of fused-ring (bicyclic) bond motifs is 1. The molecule has 1 aliphatic rings. The molecule has 88 valence electrons. The minimum absolute atomic E-state index is 0.115. The van der Waals surface area contributed by atoms with Gasteiger partial charge in [0, 0.05) is 6.07 Å². The Morgan fingerprint density at radius 2 is 2.38 bits per heavy atom. The number of aliphatic hydroxyl groups is 1. The lowest BCUT2D eigenvalue weighted by Crippen LogP contribution is -2.16. The second-order valence-electron chi connectivity index (χ2n) is 3.33. The normalized spacial score (nSPS) is 15.0. The van der Waals surface area contributed by atoms with E-state index in [-0.39, 0.29) is 13.4 Å². The predicted molar refractivity (Wildman–Crippen MR) is 58.1 cm³/mol. The summed E-state index contributed by atoms with van der Waals surface area (Å²) in [5.41, 5.74) is 6.32. The Morgan fingerprint density at radius 3 is 3.00 bits per heavy atom.